The minimum Gasteiger partial charge on any atom is -0.444 e. The molecule has 4 rings (SSSR count). The molecule has 4 amide bonds. The molecule has 0 aromatic carbocycles. The van der Waals surface area contributed by atoms with Crippen molar-refractivity contribution in [1.82, 2.24) is 25.0 Å². The predicted molar refractivity (Wildman–Crippen MR) is 147 cm³/mol. The molecule has 12 nitrogen and oxygen atoms in total. The number of ether oxygens (including phenoxy) is 1. The van der Waals surface area contributed by atoms with E-state index >= 15 is 0 Å². The predicted octanol–water partition coefficient (Wildman–Crippen LogP) is 1.77. The fraction of sp³-hybridized carbons (Fsp3) is 0.778. The Morgan fingerprint density at radius 1 is 1.05 bits per heavy atom. The number of allylic oxidation sites excluding steroid dienone is 1. The van der Waals surface area contributed by atoms with Crippen molar-refractivity contribution in [3.8, 4) is 0 Å². The average molecular weight is 582 g/mol. The van der Waals surface area contributed by atoms with Crippen LogP contribution in [-0.2, 0) is 29.3 Å². The smallest absolute Gasteiger partial charge is 0.408 e. The van der Waals surface area contributed by atoms with Gasteiger partial charge < -0.3 is 20.3 Å². The molecule has 0 aromatic heterocycles. The maximum absolute atomic E-state index is 13.6. The lowest BCUT2D eigenvalue weighted by molar-refractivity contribution is -0.141. The van der Waals surface area contributed by atoms with Crippen LogP contribution in [0.3, 0.4) is 0 Å². The van der Waals surface area contributed by atoms with Crippen LogP contribution in [0.2, 0.25) is 0 Å². The largest absolute Gasteiger partial charge is 0.444 e. The van der Waals surface area contributed by atoms with Gasteiger partial charge in [-0.2, -0.15) is 13.1 Å². The van der Waals surface area contributed by atoms with E-state index in [0.717, 1.165) is 38.5 Å². The van der Waals surface area contributed by atoms with E-state index in [9.17, 15) is 27.6 Å². The third-order valence-corrected chi connectivity index (χ3v) is 9.08. The minimum absolute atomic E-state index is 0.194. The van der Waals surface area contributed by atoms with Crippen molar-refractivity contribution in [3.05, 3.63) is 12.2 Å². The quantitative estimate of drug-likeness (QED) is 0.360. The molecule has 2 heterocycles. The van der Waals surface area contributed by atoms with Crippen LogP contribution in [0, 0.1) is 5.92 Å². The summed E-state index contributed by atoms with van der Waals surface area (Å²) < 4.78 is 35.2. The first kappa shape index (κ1) is 30.3. The average Bonchev–Trinajstić information content (AvgIpc) is 3.28. The summed E-state index contributed by atoms with van der Waals surface area (Å²) in [6, 6.07) is -1.88. The first-order valence-corrected chi connectivity index (χ1v) is 15.9. The molecule has 4 aliphatic rings. The van der Waals surface area contributed by atoms with E-state index in [2.05, 4.69) is 20.1 Å². The van der Waals surface area contributed by atoms with E-state index in [1.165, 1.54) is 4.90 Å². The van der Waals surface area contributed by atoms with Crippen LogP contribution in [-0.4, -0.2) is 72.9 Å². The highest BCUT2D eigenvalue weighted by molar-refractivity contribution is 7.88. The summed E-state index contributed by atoms with van der Waals surface area (Å²) in [5.41, 5.74) is -2.14. The molecule has 0 spiro atoms. The summed E-state index contributed by atoms with van der Waals surface area (Å²) in [6.45, 7) is 5.56. The van der Waals surface area contributed by atoms with E-state index in [-0.39, 0.29) is 24.3 Å². The Morgan fingerprint density at radius 2 is 1.80 bits per heavy atom. The molecule has 0 aromatic rings. The van der Waals surface area contributed by atoms with Crippen LogP contribution in [0.5, 0.6) is 0 Å². The summed E-state index contributed by atoms with van der Waals surface area (Å²) in [6.07, 6.45) is 10.3. The highest BCUT2D eigenvalue weighted by Crippen LogP contribution is 2.45. The molecule has 40 heavy (non-hydrogen) atoms. The topological polar surface area (TPSA) is 163 Å². The number of carbonyl (C=O) groups excluding carboxylic acids is 4. The lowest BCUT2D eigenvalue weighted by Crippen LogP contribution is -2.59. The summed E-state index contributed by atoms with van der Waals surface area (Å²) in [7, 11) is -4.08. The van der Waals surface area contributed by atoms with E-state index in [1.807, 2.05) is 12.2 Å². The van der Waals surface area contributed by atoms with Gasteiger partial charge >= 0.3 is 16.3 Å². The Labute approximate surface area is 236 Å². The molecule has 13 heteroatoms. The van der Waals surface area contributed by atoms with Crippen molar-refractivity contribution >= 4 is 34.0 Å². The van der Waals surface area contributed by atoms with Gasteiger partial charge in [0.25, 0.3) is 5.91 Å². The van der Waals surface area contributed by atoms with Gasteiger partial charge in [-0.3, -0.25) is 14.4 Å². The van der Waals surface area contributed by atoms with Crippen LogP contribution < -0.4 is 20.1 Å². The van der Waals surface area contributed by atoms with Crippen LogP contribution in [0.25, 0.3) is 0 Å². The zero-order chi connectivity index (χ0) is 29.1. The van der Waals surface area contributed by atoms with E-state index < -0.39 is 51.3 Å². The maximum atomic E-state index is 13.6. The van der Waals surface area contributed by atoms with Gasteiger partial charge in [0, 0.05) is 18.5 Å². The van der Waals surface area contributed by atoms with Gasteiger partial charge in [0.1, 0.15) is 23.2 Å². The number of rotatable bonds is 5. The lowest BCUT2D eigenvalue weighted by atomic mass is 9.94. The zero-order valence-electron chi connectivity index (χ0n) is 23.7. The number of nitrogens with one attached hydrogen (secondary N) is 4. The van der Waals surface area contributed by atoms with Gasteiger partial charge in [-0.15, -0.1) is 0 Å². The highest BCUT2D eigenvalue weighted by atomic mass is 32.2. The fourth-order valence-corrected chi connectivity index (χ4v) is 6.69. The number of hydrogen-bond donors (Lipinski definition) is 4. The Morgan fingerprint density at radius 3 is 2.48 bits per heavy atom. The van der Waals surface area contributed by atoms with Gasteiger partial charge in [-0.05, 0) is 72.1 Å². The third-order valence-electron chi connectivity index (χ3n) is 7.98. The number of nitrogens with zero attached hydrogens (tertiary/aromatic N) is 1. The Balaban J connectivity index is 1.52. The molecule has 224 valence electrons. The van der Waals surface area contributed by atoms with Crippen molar-refractivity contribution in [2.24, 2.45) is 5.92 Å². The second kappa shape index (κ2) is 12.1. The third kappa shape index (κ3) is 7.54. The molecule has 3 fully saturated rings. The number of carbonyl (C=O) groups is 4. The number of hydrogen-bond acceptors (Lipinski definition) is 7. The minimum atomic E-state index is -4.08. The van der Waals surface area contributed by atoms with Gasteiger partial charge in [-0.1, -0.05) is 31.4 Å². The number of alkyl carbamates (subject to hydrolysis) is 1. The second-order valence-corrected chi connectivity index (χ2v) is 13.9. The summed E-state index contributed by atoms with van der Waals surface area (Å²) in [5.74, 6) is -2.01. The van der Waals surface area contributed by atoms with E-state index in [0.29, 0.717) is 32.2 Å². The second-order valence-electron chi connectivity index (χ2n) is 12.4. The zero-order valence-corrected chi connectivity index (χ0v) is 24.5. The van der Waals surface area contributed by atoms with Crippen LogP contribution >= 0.6 is 0 Å². The number of amides is 4. The molecule has 4 atom stereocenters. The molecule has 2 aliphatic carbocycles. The molecule has 2 aliphatic heterocycles. The van der Waals surface area contributed by atoms with Gasteiger partial charge in [-0.25, -0.2) is 9.52 Å². The Hall–Kier alpha value is -2.67. The molecule has 1 saturated heterocycles. The molecule has 4 N–H and O–H groups in total. The van der Waals surface area contributed by atoms with Crippen molar-refractivity contribution in [3.63, 3.8) is 0 Å². The molecule has 2 saturated carbocycles. The van der Waals surface area contributed by atoms with Crippen molar-refractivity contribution in [1.29, 1.82) is 0 Å². The monoisotopic (exact) mass is 581 g/mol. The molecular weight excluding hydrogens is 538 g/mol. The van der Waals surface area contributed by atoms with Crippen molar-refractivity contribution in [2.75, 3.05) is 6.54 Å². The van der Waals surface area contributed by atoms with Crippen molar-refractivity contribution in [2.45, 2.75) is 121 Å². The molecule has 0 bridgehead atoms. The lowest BCUT2D eigenvalue weighted by Gasteiger charge is -2.31. The number of fused-ring (bicyclic) bond motifs is 2. The van der Waals surface area contributed by atoms with E-state index in [4.69, 9.17) is 4.74 Å². The molecular formula is C27H43N5O7S. The summed E-state index contributed by atoms with van der Waals surface area (Å²) in [4.78, 5) is 54.5. The highest BCUT2D eigenvalue weighted by Gasteiger charge is 2.61. The summed E-state index contributed by atoms with van der Waals surface area (Å²) >= 11 is 0. The van der Waals surface area contributed by atoms with Gasteiger partial charge in [0.05, 0.1) is 0 Å². The normalized spacial score (nSPS) is 30.9. The molecule has 0 unspecified atom stereocenters. The fourth-order valence-electron chi connectivity index (χ4n) is 5.53. The Kier molecular flexibility index (Phi) is 9.13. The van der Waals surface area contributed by atoms with E-state index in [1.54, 1.807) is 20.8 Å². The van der Waals surface area contributed by atoms with Crippen LogP contribution in [0.4, 0.5) is 4.79 Å². The molecule has 0 radical (unpaired) electrons. The van der Waals surface area contributed by atoms with Crippen LogP contribution in [0.15, 0.2) is 12.2 Å². The maximum Gasteiger partial charge on any atom is 0.408 e. The summed E-state index contributed by atoms with van der Waals surface area (Å²) in [5, 5.41) is 5.52. The van der Waals surface area contributed by atoms with Gasteiger partial charge in [0.2, 0.25) is 11.8 Å². The standard InChI is InChI=1S/C27H43N5O7S/c1-26(2,3)39-25(36)28-20-14-8-6-4-5-7-11-18-17-27(18,24(35)31-40(37,38)30-19-12-9-13-19)29-22(33)21-15-10-16-32(21)23(20)34/h7,11,18-21,30H,4-6,8-10,12-17H2,1-3H3,(H,28,36)(H,29,33)(H,31,35)/b11-7-/t18-,20+,21+,27-/m1/s1. The Bertz CT molecular complexity index is 1130. The van der Waals surface area contributed by atoms with Crippen LogP contribution in [0.1, 0.15) is 91.4 Å². The first-order valence-electron chi connectivity index (χ1n) is 14.4. The SMILES string of the molecule is CC(C)(C)OC(=O)N[C@H]1CCCCC/C=C\[C@@H]2C[C@@]2(C(=O)NS(=O)(=O)NC2CCC2)NC(=O)[C@@H]2CCCN2C1=O. The first-order chi connectivity index (χ1) is 18.8. The van der Waals surface area contributed by atoms with Gasteiger partial charge in [0.15, 0.2) is 0 Å². The van der Waals surface area contributed by atoms with Crippen molar-refractivity contribution < 1.29 is 32.3 Å².